The number of aldehydes is 2. The quantitative estimate of drug-likeness (QED) is 0.0237. The Hall–Kier alpha value is -7.79. The van der Waals surface area contributed by atoms with Crippen LogP contribution >= 0.6 is 0 Å². The monoisotopic (exact) mass is 808 g/mol. The van der Waals surface area contributed by atoms with Gasteiger partial charge in [0.2, 0.25) is 0 Å². The van der Waals surface area contributed by atoms with Crippen LogP contribution in [0.3, 0.4) is 0 Å². The fourth-order valence-corrected chi connectivity index (χ4v) is 3.46. The average molecular weight is 809 g/mol. The third-order valence-corrected chi connectivity index (χ3v) is 5.88. The maximum Gasteiger partial charge on any atom is 0.300 e. The first-order chi connectivity index (χ1) is 27.5. The Morgan fingerprint density at radius 3 is 1.36 bits per heavy atom. The number of rotatable bonds is 13. The lowest BCUT2D eigenvalue weighted by atomic mass is 10.2. The number of hydrogen-bond acceptors (Lipinski definition) is 15. The third kappa shape index (κ3) is 25.3. The maximum absolute atomic E-state index is 10.4. The second kappa shape index (κ2) is 31.5. The van der Waals surface area contributed by atoms with Crippen molar-refractivity contribution in [3.8, 4) is 46.0 Å². The largest absolute Gasteiger partial charge is 0.550 e. The molecule has 0 radical (unpaired) electrons. The van der Waals surface area contributed by atoms with Crippen LogP contribution in [0.15, 0.2) is 116 Å². The average Bonchev–Trinajstić information content (AvgIpc) is 3.19. The van der Waals surface area contributed by atoms with E-state index in [9.17, 15) is 19.8 Å². The fraction of sp³-hybridized carbons (Fsp3) is 0.146. The zero-order valence-corrected chi connectivity index (χ0v) is 31.9. The molecule has 17 nitrogen and oxygen atoms in total. The smallest absolute Gasteiger partial charge is 0.300 e. The van der Waals surface area contributed by atoms with Crippen molar-refractivity contribution in [3.63, 3.8) is 0 Å². The minimum atomic E-state index is -1.08. The van der Waals surface area contributed by atoms with Gasteiger partial charge in [-0.1, -0.05) is 43.1 Å². The molecular formula is C41H48N2O15. The molecular weight excluding hydrogens is 760 g/mol. The lowest BCUT2D eigenvalue weighted by Gasteiger charge is -2.05. The highest BCUT2D eigenvalue weighted by Crippen LogP contribution is 2.24. The van der Waals surface area contributed by atoms with Gasteiger partial charge in [-0.25, -0.2) is 0 Å². The molecule has 0 aliphatic carbocycles. The molecule has 0 aliphatic rings. The van der Waals surface area contributed by atoms with Gasteiger partial charge < -0.3 is 65.7 Å². The van der Waals surface area contributed by atoms with Gasteiger partial charge in [-0.3, -0.25) is 14.4 Å². The van der Waals surface area contributed by atoms with Gasteiger partial charge in [0.1, 0.15) is 72.4 Å². The molecule has 0 saturated heterocycles. The Kier molecular flexibility index (Phi) is 28.5. The summed E-state index contributed by atoms with van der Waals surface area (Å²) in [6.45, 7) is 14.4. The number of carboxylic acid groups (broad SMARTS) is 2. The van der Waals surface area contributed by atoms with E-state index in [1.165, 1.54) is 36.4 Å². The second-order valence-electron chi connectivity index (χ2n) is 10.5. The van der Waals surface area contributed by atoms with Crippen molar-refractivity contribution >= 4 is 30.7 Å². The number of aromatic hydroxyl groups is 5. The molecule has 4 aromatic rings. The first-order valence-corrected chi connectivity index (χ1v) is 16.5. The van der Waals surface area contributed by atoms with Gasteiger partial charge in [0.05, 0.1) is 22.9 Å². The summed E-state index contributed by atoms with van der Waals surface area (Å²) in [5.41, 5.74) is 5.21. The van der Waals surface area contributed by atoms with E-state index in [0.29, 0.717) is 56.0 Å². The zero-order valence-electron chi connectivity index (χ0n) is 31.9. The van der Waals surface area contributed by atoms with Crippen molar-refractivity contribution in [1.29, 1.82) is 0 Å². The number of ether oxygens (including phenoxy) is 3. The van der Waals surface area contributed by atoms with E-state index in [0.717, 1.165) is 31.4 Å². The standard InChI is InChI=1S/C10H11NO3.C10H13NO2.C10H10O3.C7H6O3.2C2H4O2/c1-2-5-14-9-3-4-10(12)8(6-9)7-11-13;2*1-2-5-13-9-3-4-10(12)8(6-9)7-11;8-4-5-3-6(9)1-2-7(5)10;2*1-2(3)4/h2-4,6-7,12-13H,1,5H2;2-4,6,12H,1,5,7,11H2;2-4,6-7,12H,1,5H2;1-4,9-10H;2*1H3,(H,3,4). The number of oxime groups is 1. The van der Waals surface area contributed by atoms with E-state index >= 15 is 0 Å². The van der Waals surface area contributed by atoms with Crippen LogP contribution in [0.1, 0.15) is 45.7 Å². The molecule has 10 N–H and O–H groups in total. The van der Waals surface area contributed by atoms with Crippen molar-refractivity contribution < 1.29 is 80.1 Å². The van der Waals surface area contributed by atoms with Crippen molar-refractivity contribution in [3.05, 3.63) is 133 Å². The van der Waals surface area contributed by atoms with Gasteiger partial charge in [-0.2, -0.15) is 0 Å². The van der Waals surface area contributed by atoms with Crippen LogP contribution in [0.5, 0.6) is 46.0 Å². The molecule has 0 bridgehead atoms. The summed E-state index contributed by atoms with van der Waals surface area (Å²) in [5.74, 6) is 0.0529. The second-order valence-corrected chi connectivity index (χ2v) is 10.5. The Bertz CT molecular complexity index is 1910. The molecule has 0 atom stereocenters. The van der Waals surface area contributed by atoms with E-state index < -0.39 is 11.9 Å². The first kappa shape index (κ1) is 52.3. The molecule has 0 amide bonds. The molecule has 0 aliphatic heterocycles. The minimum absolute atomic E-state index is 0.0279. The fourth-order valence-electron chi connectivity index (χ4n) is 3.46. The molecule has 4 aromatic carbocycles. The Labute approximate surface area is 334 Å². The molecule has 0 aromatic heterocycles. The number of phenols is 5. The van der Waals surface area contributed by atoms with Gasteiger partial charge in [0, 0.05) is 18.5 Å². The van der Waals surface area contributed by atoms with Gasteiger partial charge in [-0.05, 0) is 79.7 Å². The summed E-state index contributed by atoms with van der Waals surface area (Å²) < 4.78 is 15.7. The predicted octanol–water partition coefficient (Wildman–Crippen LogP) is 3.99. The van der Waals surface area contributed by atoms with E-state index in [2.05, 4.69) is 30.6 Å². The zero-order chi connectivity index (χ0) is 44.5. The molecule has 0 spiro atoms. The first-order valence-electron chi connectivity index (χ1n) is 16.5. The van der Waals surface area contributed by atoms with Crippen molar-refractivity contribution in [1.82, 2.24) is 0 Å². The van der Waals surface area contributed by atoms with Gasteiger partial charge in [-0.15, -0.1) is 0 Å². The molecule has 312 valence electrons. The molecule has 17 heteroatoms. The van der Waals surface area contributed by atoms with Crippen LogP contribution in [0.25, 0.3) is 0 Å². The number of quaternary nitrogens is 1. The van der Waals surface area contributed by atoms with E-state index in [-0.39, 0.29) is 39.9 Å². The molecule has 0 heterocycles. The van der Waals surface area contributed by atoms with Crippen molar-refractivity contribution in [2.45, 2.75) is 20.4 Å². The van der Waals surface area contributed by atoms with E-state index in [1.807, 2.05) is 0 Å². The van der Waals surface area contributed by atoms with Crippen LogP contribution in [0.2, 0.25) is 0 Å². The summed E-state index contributed by atoms with van der Waals surface area (Å²) in [4.78, 5) is 38.4. The summed E-state index contributed by atoms with van der Waals surface area (Å²) >= 11 is 0. The lowest BCUT2D eigenvalue weighted by Crippen LogP contribution is -2.47. The normalized spacial score (nSPS) is 9.16. The van der Waals surface area contributed by atoms with Crippen LogP contribution in [0.4, 0.5) is 0 Å². The number of carbonyl (C=O) groups is 4. The SMILES string of the molecule is C=CCOc1ccc(O)c(C=NO)c1.C=CCOc1ccc(O)c(C=O)c1.C=CCOc1ccc(O)c(C[NH3+])c1.CC(=O)O.CC(=O)[O-].O=Cc1cc(O)ccc1O. The molecule has 0 fully saturated rings. The Morgan fingerprint density at radius 1 is 0.655 bits per heavy atom. The molecule has 58 heavy (non-hydrogen) atoms. The summed E-state index contributed by atoms with van der Waals surface area (Å²) in [6, 6.07) is 18.0. The molecule has 0 unspecified atom stereocenters. The number of nitrogens with zero attached hydrogens (tertiary/aromatic N) is 1. The highest BCUT2D eigenvalue weighted by Gasteiger charge is 2.04. The number of benzene rings is 4. The summed E-state index contributed by atoms with van der Waals surface area (Å²) in [5, 5.41) is 72.9. The lowest BCUT2D eigenvalue weighted by molar-refractivity contribution is -0.386. The molecule has 0 saturated carbocycles. The Balaban J connectivity index is 0. The number of hydrogen-bond donors (Lipinski definition) is 8. The van der Waals surface area contributed by atoms with Gasteiger partial charge in [0.15, 0.2) is 12.6 Å². The van der Waals surface area contributed by atoms with Crippen LogP contribution < -0.4 is 25.1 Å². The summed E-state index contributed by atoms with van der Waals surface area (Å²) in [7, 11) is 0. The van der Waals surface area contributed by atoms with Gasteiger partial charge >= 0.3 is 0 Å². The highest BCUT2D eigenvalue weighted by molar-refractivity contribution is 5.83. The number of carbonyl (C=O) groups excluding carboxylic acids is 3. The van der Waals surface area contributed by atoms with Gasteiger partial charge in [0.25, 0.3) is 5.97 Å². The number of aliphatic carboxylic acids is 2. The van der Waals surface area contributed by atoms with Crippen LogP contribution in [-0.2, 0) is 16.1 Å². The van der Waals surface area contributed by atoms with Crippen LogP contribution in [0, 0.1) is 0 Å². The Morgan fingerprint density at radius 2 is 1.00 bits per heavy atom. The van der Waals surface area contributed by atoms with E-state index in [1.54, 1.807) is 54.6 Å². The number of phenolic OH excluding ortho intramolecular Hbond substituents is 5. The molecule has 4 rings (SSSR count). The van der Waals surface area contributed by atoms with E-state index in [4.69, 9.17) is 54.5 Å². The highest BCUT2D eigenvalue weighted by atomic mass is 16.5. The minimum Gasteiger partial charge on any atom is -0.550 e. The summed E-state index contributed by atoms with van der Waals surface area (Å²) in [6.07, 6.45) is 7.10. The number of carboxylic acids is 2. The third-order valence-electron chi connectivity index (χ3n) is 5.88. The van der Waals surface area contributed by atoms with Crippen LogP contribution in [-0.4, -0.2) is 86.4 Å². The maximum atomic E-state index is 10.4. The topological polar surface area (TPSA) is 301 Å². The van der Waals surface area contributed by atoms with Crippen molar-refractivity contribution in [2.75, 3.05) is 19.8 Å². The predicted molar refractivity (Wildman–Crippen MR) is 212 cm³/mol. The van der Waals surface area contributed by atoms with Crippen molar-refractivity contribution in [2.24, 2.45) is 5.16 Å².